The molecule has 0 bridgehead atoms. The van der Waals surface area contributed by atoms with Gasteiger partial charge in [-0.1, -0.05) is 18.2 Å². The number of imidazole rings is 1. The first kappa shape index (κ1) is 19.2. The van der Waals surface area contributed by atoms with Gasteiger partial charge in [-0.2, -0.15) is 5.10 Å². The fourth-order valence-corrected chi connectivity index (χ4v) is 4.15. The number of rotatable bonds is 4. The Balaban J connectivity index is 1.41. The van der Waals surface area contributed by atoms with E-state index in [4.69, 9.17) is 0 Å². The van der Waals surface area contributed by atoms with Crippen LogP contribution in [0.25, 0.3) is 38.4 Å². The van der Waals surface area contributed by atoms with Crippen molar-refractivity contribution in [3.63, 3.8) is 0 Å². The first-order valence-corrected chi connectivity index (χ1v) is 10.7. The molecule has 0 saturated carbocycles. The highest BCUT2D eigenvalue weighted by molar-refractivity contribution is 5.94. The molecule has 0 unspecified atom stereocenters. The maximum atomic E-state index is 13.5. The lowest BCUT2D eigenvalue weighted by molar-refractivity contribution is 0.768. The van der Waals surface area contributed by atoms with Crippen molar-refractivity contribution in [3.05, 3.63) is 101 Å². The molecule has 0 aliphatic heterocycles. The highest BCUT2D eigenvalue weighted by atomic mass is 16.1. The van der Waals surface area contributed by atoms with Gasteiger partial charge < -0.3 is 9.72 Å². The number of nitrogens with one attached hydrogen (secondary N) is 1. The third-order valence-electron chi connectivity index (χ3n) is 5.89. The minimum absolute atomic E-state index is 0.0401. The number of fused-ring (bicyclic) bond motifs is 3. The maximum Gasteiger partial charge on any atom is 0.195 e. The fourth-order valence-electron chi connectivity index (χ4n) is 4.15. The van der Waals surface area contributed by atoms with E-state index in [9.17, 15) is 4.79 Å². The molecule has 6 aromatic rings. The molecule has 2 aromatic carbocycles. The number of aromatic nitrogens is 5. The number of anilines is 1. The Morgan fingerprint density at radius 3 is 2.70 bits per heavy atom. The van der Waals surface area contributed by atoms with Gasteiger partial charge in [0.25, 0.3) is 0 Å². The van der Waals surface area contributed by atoms with E-state index in [0.717, 1.165) is 33.5 Å². The fraction of sp³-hybridized carbons (Fsp3) is 0.0769. The zero-order valence-corrected chi connectivity index (χ0v) is 17.9. The van der Waals surface area contributed by atoms with Crippen molar-refractivity contribution in [1.29, 1.82) is 0 Å². The smallest absolute Gasteiger partial charge is 0.195 e. The third-order valence-corrected chi connectivity index (χ3v) is 5.89. The van der Waals surface area contributed by atoms with E-state index in [2.05, 4.69) is 20.4 Å². The van der Waals surface area contributed by atoms with Crippen LogP contribution in [-0.4, -0.2) is 24.1 Å². The molecule has 0 amide bonds. The van der Waals surface area contributed by atoms with Crippen molar-refractivity contribution < 1.29 is 0 Å². The molecule has 160 valence electrons. The van der Waals surface area contributed by atoms with Crippen LogP contribution in [0, 0.1) is 0 Å². The second-order valence-corrected chi connectivity index (χ2v) is 8.06. The molecule has 0 atom stereocenters. The molecule has 33 heavy (non-hydrogen) atoms. The van der Waals surface area contributed by atoms with E-state index in [0.29, 0.717) is 22.8 Å². The maximum absolute atomic E-state index is 13.5. The Kier molecular flexibility index (Phi) is 4.40. The first-order chi connectivity index (χ1) is 16.2. The van der Waals surface area contributed by atoms with Gasteiger partial charge in [-0.25, -0.2) is 4.98 Å². The first-order valence-electron chi connectivity index (χ1n) is 10.7. The van der Waals surface area contributed by atoms with Crippen molar-refractivity contribution in [2.45, 2.75) is 6.54 Å². The van der Waals surface area contributed by atoms with Crippen molar-refractivity contribution in [3.8, 4) is 11.1 Å². The van der Waals surface area contributed by atoms with E-state index in [1.807, 2.05) is 84.6 Å². The minimum Gasteiger partial charge on any atom is -0.379 e. The van der Waals surface area contributed by atoms with E-state index < -0.39 is 0 Å². The van der Waals surface area contributed by atoms with E-state index in [-0.39, 0.29) is 5.43 Å². The molecule has 7 heteroatoms. The SMILES string of the molecule is Cn1cc(-c2cnc3ccc4ccc(NCc5cnc6ccccn56)cc4c(=O)c3c2)cn1. The van der Waals surface area contributed by atoms with E-state index >= 15 is 0 Å². The Bertz CT molecular complexity index is 1720. The zero-order chi connectivity index (χ0) is 22.4. The molecule has 4 heterocycles. The Labute approximate surface area is 189 Å². The van der Waals surface area contributed by atoms with E-state index in [1.54, 1.807) is 17.1 Å². The Hall–Kier alpha value is -4.52. The molecule has 0 aliphatic carbocycles. The lowest BCUT2D eigenvalue weighted by atomic mass is 10.1. The van der Waals surface area contributed by atoms with Crippen molar-refractivity contribution >= 4 is 33.0 Å². The molecule has 0 aliphatic rings. The molecule has 1 N–H and O–H groups in total. The summed E-state index contributed by atoms with van der Waals surface area (Å²) in [6.45, 7) is 0.595. The number of hydrogen-bond donors (Lipinski definition) is 1. The lowest BCUT2D eigenvalue weighted by Gasteiger charge is -2.07. The van der Waals surface area contributed by atoms with Crippen LogP contribution >= 0.6 is 0 Å². The molecule has 0 fully saturated rings. The third kappa shape index (κ3) is 3.40. The zero-order valence-electron chi connectivity index (χ0n) is 17.9. The highest BCUT2D eigenvalue weighted by Gasteiger charge is 2.09. The molecule has 7 nitrogen and oxygen atoms in total. The molecular formula is C26H20N6O. The van der Waals surface area contributed by atoms with Gasteiger partial charge in [-0.15, -0.1) is 0 Å². The second-order valence-electron chi connectivity index (χ2n) is 8.06. The number of pyridine rings is 2. The normalized spacial score (nSPS) is 11.4. The number of hydrogen-bond acceptors (Lipinski definition) is 5. The average Bonchev–Trinajstić information content (AvgIpc) is 3.44. The molecule has 4 aromatic heterocycles. The standard InChI is InChI=1S/C26H20N6O/c1-31-16-19(13-30-31)18-10-23-24(28-12-18)8-6-17-5-7-20(11-22(17)26(23)33)27-14-21-15-29-25-4-2-3-9-32(21)25/h2-13,15-16,27H,14H2,1H3. The van der Waals surface area contributed by atoms with Crippen LogP contribution in [0.3, 0.4) is 0 Å². The van der Waals surface area contributed by atoms with Gasteiger partial charge in [-0.05, 0) is 41.8 Å². The molecular weight excluding hydrogens is 412 g/mol. The molecule has 0 spiro atoms. The van der Waals surface area contributed by atoms with Gasteiger partial charge in [0.05, 0.1) is 30.1 Å². The summed E-state index contributed by atoms with van der Waals surface area (Å²) in [5.74, 6) is 0. The van der Waals surface area contributed by atoms with Crippen LogP contribution in [0.15, 0.2) is 90.4 Å². The van der Waals surface area contributed by atoms with Crippen molar-refractivity contribution in [2.75, 3.05) is 5.32 Å². The predicted molar refractivity (Wildman–Crippen MR) is 130 cm³/mol. The van der Waals surface area contributed by atoms with Gasteiger partial charge in [0, 0.05) is 53.2 Å². The number of nitrogens with zero attached hydrogens (tertiary/aromatic N) is 5. The minimum atomic E-state index is -0.0401. The van der Waals surface area contributed by atoms with Crippen LogP contribution in [0.4, 0.5) is 5.69 Å². The Morgan fingerprint density at radius 1 is 0.909 bits per heavy atom. The summed E-state index contributed by atoms with van der Waals surface area (Å²) in [7, 11) is 1.87. The Morgan fingerprint density at radius 2 is 1.82 bits per heavy atom. The van der Waals surface area contributed by atoms with Crippen LogP contribution in [0.2, 0.25) is 0 Å². The van der Waals surface area contributed by atoms with Crippen LogP contribution in [0.1, 0.15) is 5.69 Å². The average molecular weight is 432 g/mol. The summed E-state index contributed by atoms with van der Waals surface area (Å²) in [5, 5.41) is 9.77. The van der Waals surface area contributed by atoms with Crippen molar-refractivity contribution in [2.24, 2.45) is 7.05 Å². The predicted octanol–water partition coefficient (Wildman–Crippen LogP) is 4.41. The molecule has 0 radical (unpaired) electrons. The van der Waals surface area contributed by atoms with Gasteiger partial charge in [0.15, 0.2) is 5.43 Å². The lowest BCUT2D eigenvalue weighted by Crippen LogP contribution is -2.04. The van der Waals surface area contributed by atoms with Crippen molar-refractivity contribution in [1.82, 2.24) is 24.1 Å². The topological polar surface area (TPSA) is 77.1 Å². The molecule has 6 rings (SSSR count). The summed E-state index contributed by atoms with van der Waals surface area (Å²) >= 11 is 0. The van der Waals surface area contributed by atoms with Gasteiger partial charge in [-0.3, -0.25) is 14.5 Å². The summed E-state index contributed by atoms with van der Waals surface area (Å²) < 4.78 is 3.78. The van der Waals surface area contributed by atoms with Crippen LogP contribution < -0.4 is 10.7 Å². The quantitative estimate of drug-likeness (QED) is 0.447. The summed E-state index contributed by atoms with van der Waals surface area (Å²) in [6.07, 6.45) is 9.33. The van der Waals surface area contributed by atoms with Gasteiger partial charge >= 0.3 is 0 Å². The molecule has 0 saturated heterocycles. The van der Waals surface area contributed by atoms with Crippen LogP contribution in [0.5, 0.6) is 0 Å². The second kappa shape index (κ2) is 7.56. The van der Waals surface area contributed by atoms with E-state index in [1.165, 1.54) is 0 Å². The van der Waals surface area contributed by atoms with Gasteiger partial charge in [0.1, 0.15) is 5.65 Å². The number of aryl methyl sites for hydroxylation is 1. The summed E-state index contributed by atoms with van der Waals surface area (Å²) in [5.41, 5.74) is 5.26. The largest absolute Gasteiger partial charge is 0.379 e. The highest BCUT2D eigenvalue weighted by Crippen LogP contribution is 2.23. The summed E-state index contributed by atoms with van der Waals surface area (Å²) in [4.78, 5) is 22.5. The monoisotopic (exact) mass is 432 g/mol. The summed E-state index contributed by atoms with van der Waals surface area (Å²) in [6, 6.07) is 17.5. The van der Waals surface area contributed by atoms with Crippen LogP contribution in [-0.2, 0) is 13.6 Å². The number of benzene rings is 1. The van der Waals surface area contributed by atoms with Gasteiger partial charge in [0.2, 0.25) is 0 Å².